The molecular weight excluding hydrogens is 304 g/mol. The van der Waals surface area contributed by atoms with Gasteiger partial charge in [-0.25, -0.2) is 0 Å². The van der Waals surface area contributed by atoms with Crippen molar-refractivity contribution in [3.63, 3.8) is 0 Å². The summed E-state index contributed by atoms with van der Waals surface area (Å²) in [4.78, 5) is 21.5. The first-order valence-corrected chi connectivity index (χ1v) is 7.08. The number of nitrogens with two attached hydrogens (primary N) is 1. The van der Waals surface area contributed by atoms with Crippen LogP contribution in [0.1, 0.15) is 12.0 Å². The molecule has 0 bridgehead atoms. The van der Waals surface area contributed by atoms with E-state index in [1.54, 1.807) is 23.9 Å². The number of nitro groups is 1. The maximum absolute atomic E-state index is 11.5. The maximum atomic E-state index is 11.5. The number of carbonyl (C=O) groups excluding carboxylic acids is 1. The normalized spacial score (nSPS) is 11.3. The lowest BCUT2D eigenvalue weighted by atomic mass is 10.2. The van der Waals surface area contributed by atoms with E-state index in [1.165, 1.54) is 12.1 Å². The number of benzene rings is 1. The topological polar surface area (TPSA) is 95.5 Å². The second-order valence-corrected chi connectivity index (χ2v) is 4.90. The van der Waals surface area contributed by atoms with Crippen molar-refractivity contribution in [3.8, 4) is 0 Å². The predicted octanol–water partition coefficient (Wildman–Crippen LogP) is 2.14. The molecule has 0 aliphatic carbocycles. The maximum Gasteiger partial charge on any atom is 0.323 e. The minimum absolute atomic E-state index is 0. The monoisotopic (exact) mass is 320 g/mol. The first kappa shape index (κ1) is 18.7. The standard InChI is InChI=1S/C12H16N2O4S.ClH/c1-19-7-6-11(13)12(15)18-8-9-2-4-10(5-3-9)14(16)17;/h2-5,11H,6-8,13H2,1H3;1H. The van der Waals surface area contributed by atoms with E-state index in [2.05, 4.69) is 0 Å². The molecule has 6 nitrogen and oxygen atoms in total. The minimum atomic E-state index is -0.620. The molecule has 8 heteroatoms. The third-order valence-corrected chi connectivity index (χ3v) is 3.11. The van der Waals surface area contributed by atoms with Gasteiger partial charge in [0.1, 0.15) is 12.6 Å². The summed E-state index contributed by atoms with van der Waals surface area (Å²) < 4.78 is 5.04. The van der Waals surface area contributed by atoms with Crippen LogP contribution in [0.15, 0.2) is 24.3 Å². The molecule has 0 spiro atoms. The average molecular weight is 321 g/mol. The summed E-state index contributed by atoms with van der Waals surface area (Å²) in [5.41, 5.74) is 6.35. The number of hydrogen-bond donors (Lipinski definition) is 1. The Hall–Kier alpha value is -1.31. The largest absolute Gasteiger partial charge is 0.460 e. The fourth-order valence-electron chi connectivity index (χ4n) is 1.34. The van der Waals surface area contributed by atoms with Gasteiger partial charge >= 0.3 is 5.97 Å². The molecule has 0 saturated carbocycles. The molecule has 0 radical (unpaired) electrons. The van der Waals surface area contributed by atoms with E-state index in [9.17, 15) is 14.9 Å². The average Bonchev–Trinajstić information content (AvgIpc) is 2.42. The molecule has 0 saturated heterocycles. The van der Waals surface area contributed by atoms with Crippen molar-refractivity contribution >= 4 is 35.8 Å². The highest BCUT2D eigenvalue weighted by Crippen LogP contribution is 2.12. The van der Waals surface area contributed by atoms with Crippen molar-refractivity contribution in [2.24, 2.45) is 5.73 Å². The Bertz CT molecular complexity index is 442. The van der Waals surface area contributed by atoms with Crippen LogP contribution >= 0.6 is 24.2 Å². The van der Waals surface area contributed by atoms with Gasteiger partial charge in [-0.15, -0.1) is 12.4 Å². The third-order valence-electron chi connectivity index (χ3n) is 2.46. The minimum Gasteiger partial charge on any atom is -0.460 e. The molecule has 0 aliphatic rings. The summed E-state index contributed by atoms with van der Waals surface area (Å²) in [7, 11) is 0. The lowest BCUT2D eigenvalue weighted by Gasteiger charge is -2.10. The zero-order valence-electron chi connectivity index (χ0n) is 11.0. The van der Waals surface area contributed by atoms with Crippen LogP contribution in [0.5, 0.6) is 0 Å². The highest BCUT2D eigenvalue weighted by molar-refractivity contribution is 7.98. The van der Waals surface area contributed by atoms with Crippen molar-refractivity contribution < 1.29 is 14.5 Å². The molecule has 0 aliphatic heterocycles. The number of esters is 1. The molecule has 1 atom stereocenters. The number of nitro benzene ring substituents is 1. The number of hydrogen-bond acceptors (Lipinski definition) is 6. The first-order valence-electron chi connectivity index (χ1n) is 5.69. The highest BCUT2D eigenvalue weighted by atomic mass is 35.5. The Balaban J connectivity index is 0.00000361. The summed E-state index contributed by atoms with van der Waals surface area (Å²) in [5, 5.41) is 10.5. The van der Waals surface area contributed by atoms with E-state index in [4.69, 9.17) is 10.5 Å². The van der Waals surface area contributed by atoms with Gasteiger partial charge in [0.25, 0.3) is 5.69 Å². The van der Waals surface area contributed by atoms with E-state index in [0.29, 0.717) is 12.0 Å². The SMILES string of the molecule is CSCCC(N)C(=O)OCc1ccc([N+](=O)[O-])cc1.Cl. The molecule has 1 rings (SSSR count). The Morgan fingerprint density at radius 3 is 2.55 bits per heavy atom. The van der Waals surface area contributed by atoms with Crippen LogP contribution in [0.3, 0.4) is 0 Å². The number of thioether (sulfide) groups is 1. The van der Waals surface area contributed by atoms with Crippen LogP contribution in [0.2, 0.25) is 0 Å². The number of non-ortho nitro benzene ring substituents is 1. The van der Waals surface area contributed by atoms with Crippen LogP contribution < -0.4 is 5.73 Å². The van der Waals surface area contributed by atoms with Crippen LogP contribution in [-0.4, -0.2) is 28.9 Å². The number of ether oxygens (including phenoxy) is 1. The predicted molar refractivity (Wildman–Crippen MR) is 81.1 cm³/mol. The smallest absolute Gasteiger partial charge is 0.323 e. The molecule has 0 amide bonds. The van der Waals surface area contributed by atoms with E-state index in [-0.39, 0.29) is 24.7 Å². The van der Waals surface area contributed by atoms with Gasteiger partial charge in [-0.2, -0.15) is 11.8 Å². The molecule has 2 N–H and O–H groups in total. The zero-order chi connectivity index (χ0) is 14.3. The van der Waals surface area contributed by atoms with Crippen molar-refractivity contribution in [1.29, 1.82) is 0 Å². The molecule has 0 aromatic heterocycles. The van der Waals surface area contributed by atoms with Crippen molar-refractivity contribution in [2.45, 2.75) is 19.1 Å². The van der Waals surface area contributed by atoms with Crippen LogP contribution in [0.4, 0.5) is 5.69 Å². The van der Waals surface area contributed by atoms with E-state index in [0.717, 1.165) is 5.75 Å². The van der Waals surface area contributed by atoms with Gasteiger partial charge < -0.3 is 10.5 Å². The molecule has 1 aromatic rings. The summed E-state index contributed by atoms with van der Waals surface area (Å²) in [6, 6.07) is 5.23. The van der Waals surface area contributed by atoms with Crippen molar-refractivity contribution in [2.75, 3.05) is 12.0 Å². The molecule has 0 heterocycles. The summed E-state index contributed by atoms with van der Waals surface area (Å²) in [6.45, 7) is 0.0732. The van der Waals surface area contributed by atoms with E-state index >= 15 is 0 Å². The van der Waals surface area contributed by atoms with E-state index in [1.807, 2.05) is 6.26 Å². The number of halogens is 1. The molecular formula is C12H17ClN2O4S. The molecule has 1 unspecified atom stereocenters. The Kier molecular flexibility index (Phi) is 8.94. The number of carbonyl (C=O) groups is 1. The molecule has 0 fully saturated rings. The van der Waals surface area contributed by atoms with Gasteiger partial charge in [0.2, 0.25) is 0 Å². The van der Waals surface area contributed by atoms with Crippen LogP contribution in [0.25, 0.3) is 0 Å². The van der Waals surface area contributed by atoms with Gasteiger partial charge in [-0.1, -0.05) is 0 Å². The Morgan fingerprint density at radius 1 is 1.45 bits per heavy atom. The molecule has 112 valence electrons. The van der Waals surface area contributed by atoms with Gasteiger partial charge in [0, 0.05) is 12.1 Å². The second kappa shape index (κ2) is 9.57. The van der Waals surface area contributed by atoms with Crippen molar-refractivity contribution in [1.82, 2.24) is 0 Å². The molecule has 1 aromatic carbocycles. The highest BCUT2D eigenvalue weighted by Gasteiger charge is 2.14. The van der Waals surface area contributed by atoms with Crippen LogP contribution in [-0.2, 0) is 16.1 Å². The van der Waals surface area contributed by atoms with E-state index < -0.39 is 16.9 Å². The van der Waals surface area contributed by atoms with Crippen LogP contribution in [0, 0.1) is 10.1 Å². The quantitative estimate of drug-likeness (QED) is 0.470. The summed E-state index contributed by atoms with van der Waals surface area (Å²) in [6.07, 6.45) is 2.51. The zero-order valence-corrected chi connectivity index (χ0v) is 12.6. The van der Waals surface area contributed by atoms with Gasteiger partial charge in [-0.05, 0) is 36.1 Å². The van der Waals surface area contributed by atoms with Gasteiger partial charge in [0.15, 0.2) is 0 Å². The van der Waals surface area contributed by atoms with Gasteiger partial charge in [0.05, 0.1) is 4.92 Å². The second-order valence-electron chi connectivity index (χ2n) is 3.92. The fraction of sp³-hybridized carbons (Fsp3) is 0.417. The van der Waals surface area contributed by atoms with Gasteiger partial charge in [-0.3, -0.25) is 14.9 Å². The number of rotatable bonds is 7. The Morgan fingerprint density at radius 2 is 2.05 bits per heavy atom. The fourth-order valence-corrected chi connectivity index (χ4v) is 1.83. The lowest BCUT2D eigenvalue weighted by molar-refractivity contribution is -0.384. The first-order chi connectivity index (χ1) is 9.04. The lowest BCUT2D eigenvalue weighted by Crippen LogP contribution is -2.32. The summed E-state index contributed by atoms with van der Waals surface area (Å²) in [5.74, 6) is 0.348. The molecule has 20 heavy (non-hydrogen) atoms. The van der Waals surface area contributed by atoms with Crippen molar-refractivity contribution in [3.05, 3.63) is 39.9 Å². The Labute approximate surface area is 127 Å². The third kappa shape index (κ3) is 6.23. The summed E-state index contributed by atoms with van der Waals surface area (Å²) >= 11 is 1.61. The number of nitrogens with zero attached hydrogens (tertiary/aromatic N) is 1.